The Bertz CT molecular complexity index is 851. The zero-order chi connectivity index (χ0) is 17.0. The summed E-state index contributed by atoms with van der Waals surface area (Å²) in [4.78, 5) is 23.7. The van der Waals surface area contributed by atoms with Crippen LogP contribution >= 0.6 is 15.9 Å². The van der Waals surface area contributed by atoms with Gasteiger partial charge in [0.25, 0.3) is 11.8 Å². The van der Waals surface area contributed by atoms with E-state index in [-0.39, 0.29) is 10.5 Å². The first-order chi connectivity index (χ1) is 10.8. The van der Waals surface area contributed by atoms with Crippen LogP contribution in [0, 0.1) is 0 Å². The number of sulfonamides is 1. The van der Waals surface area contributed by atoms with Gasteiger partial charge >= 0.3 is 0 Å². The van der Waals surface area contributed by atoms with Gasteiger partial charge in [-0.25, -0.2) is 13.6 Å². The second-order valence-electron chi connectivity index (χ2n) is 4.46. The lowest BCUT2D eigenvalue weighted by Gasteiger charge is -2.08. The van der Waals surface area contributed by atoms with Crippen LogP contribution in [0.15, 0.2) is 57.9 Å². The van der Waals surface area contributed by atoms with Crippen molar-refractivity contribution < 1.29 is 18.0 Å². The number of nitrogens with two attached hydrogens (primary N) is 1. The Hall–Kier alpha value is -2.23. The Labute approximate surface area is 141 Å². The van der Waals surface area contributed by atoms with Crippen molar-refractivity contribution in [2.75, 3.05) is 0 Å². The third kappa shape index (κ3) is 4.38. The third-order valence-corrected chi connectivity index (χ3v) is 4.47. The SMILES string of the molecule is NS(=O)(=O)c1ccc(C(=O)NNC(=O)c2ccccc2Br)cc1. The number of hydrazine groups is 1. The largest absolute Gasteiger partial charge is 0.270 e. The highest BCUT2D eigenvalue weighted by molar-refractivity contribution is 9.10. The number of halogens is 1. The molecule has 0 aliphatic carbocycles. The van der Waals surface area contributed by atoms with E-state index in [0.717, 1.165) is 0 Å². The quantitative estimate of drug-likeness (QED) is 0.673. The van der Waals surface area contributed by atoms with Crippen LogP contribution < -0.4 is 16.0 Å². The minimum absolute atomic E-state index is 0.105. The maximum Gasteiger partial charge on any atom is 0.270 e. The van der Waals surface area contributed by atoms with E-state index in [1.165, 1.54) is 24.3 Å². The molecule has 0 unspecified atom stereocenters. The molecule has 2 rings (SSSR count). The molecular formula is C14H12BrN3O4S. The summed E-state index contributed by atoms with van der Waals surface area (Å²) < 4.78 is 22.9. The molecule has 0 saturated carbocycles. The van der Waals surface area contributed by atoms with Crippen molar-refractivity contribution >= 4 is 37.8 Å². The fourth-order valence-corrected chi connectivity index (χ4v) is 2.67. The van der Waals surface area contributed by atoms with Gasteiger partial charge in [-0.2, -0.15) is 0 Å². The number of carbonyl (C=O) groups is 2. The Balaban J connectivity index is 2.03. The molecule has 0 radical (unpaired) electrons. The Morgan fingerprint density at radius 3 is 2.04 bits per heavy atom. The molecule has 0 aromatic heterocycles. The number of amides is 2. The van der Waals surface area contributed by atoms with Crippen LogP contribution in [0.25, 0.3) is 0 Å². The van der Waals surface area contributed by atoms with Gasteiger partial charge in [0.2, 0.25) is 10.0 Å². The summed E-state index contributed by atoms with van der Waals surface area (Å²) in [6, 6.07) is 11.7. The Kier molecular flexibility index (Phi) is 5.14. The van der Waals surface area contributed by atoms with Crippen LogP contribution in [0.5, 0.6) is 0 Å². The lowest BCUT2D eigenvalue weighted by atomic mass is 10.2. The number of hydrogen-bond acceptors (Lipinski definition) is 4. The van der Waals surface area contributed by atoms with Crippen LogP contribution in [0.3, 0.4) is 0 Å². The van der Waals surface area contributed by atoms with Crippen molar-refractivity contribution in [3.63, 3.8) is 0 Å². The van der Waals surface area contributed by atoms with Gasteiger partial charge in [-0.3, -0.25) is 20.4 Å². The topological polar surface area (TPSA) is 118 Å². The molecule has 120 valence electrons. The van der Waals surface area contributed by atoms with E-state index in [1.54, 1.807) is 24.3 Å². The van der Waals surface area contributed by atoms with E-state index in [1.807, 2.05) is 0 Å². The molecule has 0 aliphatic heterocycles. The van der Waals surface area contributed by atoms with Gasteiger partial charge in [-0.1, -0.05) is 12.1 Å². The van der Waals surface area contributed by atoms with Crippen LogP contribution in [-0.4, -0.2) is 20.2 Å². The lowest BCUT2D eigenvalue weighted by molar-refractivity contribution is 0.0846. The molecule has 0 heterocycles. The summed E-state index contributed by atoms with van der Waals surface area (Å²) in [7, 11) is -3.82. The maximum absolute atomic E-state index is 11.9. The van der Waals surface area contributed by atoms with Crippen molar-refractivity contribution in [2.24, 2.45) is 5.14 Å². The monoisotopic (exact) mass is 397 g/mol. The number of benzene rings is 2. The fraction of sp³-hybridized carbons (Fsp3) is 0. The maximum atomic E-state index is 11.9. The molecule has 4 N–H and O–H groups in total. The molecule has 0 atom stereocenters. The second-order valence-corrected chi connectivity index (χ2v) is 6.87. The van der Waals surface area contributed by atoms with Crippen LogP contribution in [0.2, 0.25) is 0 Å². The Morgan fingerprint density at radius 2 is 1.48 bits per heavy atom. The standard InChI is InChI=1S/C14H12BrN3O4S/c15-12-4-2-1-3-11(12)14(20)18-17-13(19)9-5-7-10(8-6-9)23(16,21)22/h1-8H,(H,17,19)(H,18,20)(H2,16,21,22). The number of hydrogen-bond donors (Lipinski definition) is 3. The van der Waals surface area contributed by atoms with E-state index >= 15 is 0 Å². The summed E-state index contributed by atoms with van der Waals surface area (Å²) in [5.41, 5.74) is 5.04. The molecule has 0 spiro atoms. The molecule has 23 heavy (non-hydrogen) atoms. The number of primary sulfonamides is 1. The van der Waals surface area contributed by atoms with E-state index in [9.17, 15) is 18.0 Å². The van der Waals surface area contributed by atoms with Crippen LogP contribution in [0.4, 0.5) is 0 Å². The minimum Gasteiger partial charge on any atom is -0.267 e. The highest BCUT2D eigenvalue weighted by Gasteiger charge is 2.13. The molecular weight excluding hydrogens is 386 g/mol. The molecule has 0 bridgehead atoms. The first-order valence-electron chi connectivity index (χ1n) is 6.27. The summed E-state index contributed by atoms with van der Waals surface area (Å²) >= 11 is 3.23. The molecule has 2 amide bonds. The second kappa shape index (κ2) is 6.90. The highest BCUT2D eigenvalue weighted by atomic mass is 79.9. The van der Waals surface area contributed by atoms with Crippen molar-refractivity contribution in [2.45, 2.75) is 4.90 Å². The fourth-order valence-electron chi connectivity index (χ4n) is 1.69. The number of carbonyl (C=O) groups excluding carboxylic acids is 2. The van der Waals surface area contributed by atoms with Gasteiger partial charge in [0.05, 0.1) is 10.5 Å². The predicted molar refractivity (Wildman–Crippen MR) is 86.9 cm³/mol. The summed E-state index contributed by atoms with van der Waals surface area (Å²) in [5.74, 6) is -1.08. The first kappa shape index (κ1) is 17.1. The van der Waals surface area contributed by atoms with Gasteiger partial charge in [0.1, 0.15) is 0 Å². The zero-order valence-corrected chi connectivity index (χ0v) is 14.0. The zero-order valence-electron chi connectivity index (χ0n) is 11.6. The smallest absolute Gasteiger partial charge is 0.267 e. The Morgan fingerprint density at radius 1 is 0.913 bits per heavy atom. The average Bonchev–Trinajstić information content (AvgIpc) is 2.52. The third-order valence-electron chi connectivity index (χ3n) is 2.85. The number of rotatable bonds is 3. The van der Waals surface area contributed by atoms with E-state index in [4.69, 9.17) is 5.14 Å². The first-order valence-corrected chi connectivity index (χ1v) is 8.61. The average molecular weight is 398 g/mol. The van der Waals surface area contributed by atoms with Crippen LogP contribution in [-0.2, 0) is 10.0 Å². The summed E-state index contributed by atoms with van der Waals surface area (Å²) in [6.45, 7) is 0. The minimum atomic E-state index is -3.82. The number of nitrogens with one attached hydrogen (secondary N) is 2. The van der Waals surface area contributed by atoms with Crippen molar-refractivity contribution in [3.8, 4) is 0 Å². The van der Waals surface area contributed by atoms with Gasteiger partial charge in [0.15, 0.2) is 0 Å². The van der Waals surface area contributed by atoms with Gasteiger partial charge in [-0.15, -0.1) is 0 Å². The van der Waals surface area contributed by atoms with E-state index in [2.05, 4.69) is 26.8 Å². The molecule has 7 nitrogen and oxygen atoms in total. The molecule has 9 heteroatoms. The molecule has 2 aromatic carbocycles. The molecule has 0 fully saturated rings. The van der Waals surface area contributed by atoms with Gasteiger partial charge in [-0.05, 0) is 52.3 Å². The van der Waals surface area contributed by atoms with Crippen molar-refractivity contribution in [1.82, 2.24) is 10.9 Å². The van der Waals surface area contributed by atoms with Gasteiger partial charge < -0.3 is 0 Å². The molecule has 0 saturated heterocycles. The van der Waals surface area contributed by atoms with Crippen molar-refractivity contribution in [3.05, 3.63) is 64.1 Å². The van der Waals surface area contributed by atoms with Crippen LogP contribution in [0.1, 0.15) is 20.7 Å². The van der Waals surface area contributed by atoms with E-state index in [0.29, 0.717) is 10.0 Å². The molecule has 2 aromatic rings. The predicted octanol–water partition coefficient (Wildman–Crippen LogP) is 1.17. The van der Waals surface area contributed by atoms with E-state index < -0.39 is 21.8 Å². The summed E-state index contributed by atoms with van der Waals surface area (Å²) in [6.07, 6.45) is 0. The normalized spacial score (nSPS) is 10.9. The van der Waals surface area contributed by atoms with Crippen molar-refractivity contribution in [1.29, 1.82) is 0 Å². The highest BCUT2D eigenvalue weighted by Crippen LogP contribution is 2.15. The van der Waals surface area contributed by atoms with Gasteiger partial charge in [0, 0.05) is 10.0 Å². The summed E-state index contributed by atoms with van der Waals surface area (Å²) in [5, 5.41) is 4.97. The molecule has 0 aliphatic rings. The lowest BCUT2D eigenvalue weighted by Crippen LogP contribution is -2.41.